The maximum Gasteiger partial charge on any atom is 0.490 e. The zero-order chi connectivity index (χ0) is 33.3. The number of carboxylic acids is 1. The van der Waals surface area contributed by atoms with E-state index in [1.807, 2.05) is 0 Å². The third-order valence-electron chi connectivity index (χ3n) is 5.45. The Kier molecular flexibility index (Phi) is 12.5. The van der Waals surface area contributed by atoms with E-state index in [4.69, 9.17) is 30.2 Å². The number of carbonyl (C=O) groups is 3. The molecule has 0 radical (unpaired) electrons. The predicted molar refractivity (Wildman–Crippen MR) is 151 cm³/mol. The number of anilines is 1. The smallest absolute Gasteiger partial charge is 0.490 e. The highest BCUT2D eigenvalue weighted by molar-refractivity contribution is 7.89. The first kappa shape index (κ1) is 36.6. The van der Waals surface area contributed by atoms with Gasteiger partial charge in [0.2, 0.25) is 21.8 Å². The zero-order valence-electron chi connectivity index (χ0n) is 24.2. The van der Waals surface area contributed by atoms with Crippen molar-refractivity contribution in [2.75, 3.05) is 19.5 Å². The number of aliphatic carboxylic acids is 1. The van der Waals surface area contributed by atoms with E-state index in [0.717, 1.165) is 0 Å². The average molecular weight is 634 g/mol. The molecule has 0 aromatic heterocycles. The fraction of sp³-hybridized carbons (Fsp3) is 0.385. The second-order valence-corrected chi connectivity index (χ2v) is 11.6. The summed E-state index contributed by atoms with van der Waals surface area (Å²) in [5.74, 6) is -2.94. The summed E-state index contributed by atoms with van der Waals surface area (Å²) >= 11 is 0. The monoisotopic (exact) mass is 633 g/mol. The fourth-order valence-electron chi connectivity index (χ4n) is 3.29. The van der Waals surface area contributed by atoms with Crippen molar-refractivity contribution >= 4 is 39.5 Å². The van der Waals surface area contributed by atoms with Gasteiger partial charge in [-0.2, -0.15) is 13.2 Å². The van der Waals surface area contributed by atoms with Gasteiger partial charge in [-0.15, -0.1) is 0 Å². The van der Waals surface area contributed by atoms with E-state index in [2.05, 4.69) is 15.6 Å². The van der Waals surface area contributed by atoms with Crippen molar-refractivity contribution < 1.29 is 50.6 Å². The van der Waals surface area contributed by atoms with Crippen molar-refractivity contribution in [2.45, 2.75) is 51.2 Å². The summed E-state index contributed by atoms with van der Waals surface area (Å²) in [6.07, 6.45) is -5.09. The number of carboxylic acid groups (broad SMARTS) is 1. The van der Waals surface area contributed by atoms with Crippen LogP contribution in [-0.4, -0.2) is 63.7 Å². The largest absolute Gasteiger partial charge is 0.493 e. The molecule has 43 heavy (non-hydrogen) atoms. The van der Waals surface area contributed by atoms with Gasteiger partial charge in [0.05, 0.1) is 25.5 Å². The van der Waals surface area contributed by atoms with Gasteiger partial charge in [-0.25, -0.2) is 23.3 Å². The van der Waals surface area contributed by atoms with E-state index in [-0.39, 0.29) is 23.0 Å². The number of rotatable bonds is 8. The van der Waals surface area contributed by atoms with Crippen LogP contribution in [0.3, 0.4) is 0 Å². The predicted octanol–water partition coefficient (Wildman–Crippen LogP) is 2.32. The zero-order valence-corrected chi connectivity index (χ0v) is 25.0. The number of aryl methyl sites for hydroxylation is 1. The molecule has 238 valence electrons. The second-order valence-electron chi connectivity index (χ2n) is 10.0. The van der Waals surface area contributed by atoms with Gasteiger partial charge in [-0.1, -0.05) is 32.9 Å². The lowest BCUT2D eigenvalue weighted by Crippen LogP contribution is -2.43. The van der Waals surface area contributed by atoms with Crippen LogP contribution < -0.4 is 31.0 Å². The van der Waals surface area contributed by atoms with Gasteiger partial charge in [0.25, 0.3) is 0 Å². The molecule has 2 amide bonds. The maximum atomic E-state index is 13.1. The number of primary sulfonamides is 1. The first-order chi connectivity index (χ1) is 19.6. The number of nitrogens with zero attached hydrogens (tertiary/aromatic N) is 1. The Balaban J connectivity index is 0.00000117. The number of carbonyl (C=O) groups excluding carboxylic acids is 2. The molecule has 7 N–H and O–H groups in total. The molecule has 2 rings (SSSR count). The number of nitrogens with one attached hydrogen (secondary N) is 2. The number of guanidine groups is 1. The molecule has 0 aliphatic heterocycles. The summed E-state index contributed by atoms with van der Waals surface area (Å²) < 4.78 is 65.6. The van der Waals surface area contributed by atoms with Crippen LogP contribution in [0, 0.1) is 12.3 Å². The number of hydrogen-bond donors (Lipinski definition) is 5. The molecule has 0 saturated carbocycles. The number of alkyl halides is 3. The molecular formula is C26H34F3N5O8S. The van der Waals surface area contributed by atoms with E-state index in [9.17, 15) is 31.2 Å². The molecule has 13 nitrogen and oxygen atoms in total. The number of ether oxygens (including phenoxy) is 2. The molecule has 2 aromatic carbocycles. The van der Waals surface area contributed by atoms with Crippen molar-refractivity contribution in [3.8, 4) is 11.5 Å². The molecule has 0 unspecified atom stereocenters. The van der Waals surface area contributed by atoms with E-state index in [1.165, 1.54) is 32.4 Å². The molecule has 2 aromatic rings. The van der Waals surface area contributed by atoms with Crippen LogP contribution in [0.4, 0.5) is 18.9 Å². The number of amides is 2. The number of sulfonamides is 1. The van der Waals surface area contributed by atoms with Gasteiger partial charge in [0.15, 0.2) is 17.5 Å². The van der Waals surface area contributed by atoms with Crippen LogP contribution in [0.25, 0.3) is 0 Å². The van der Waals surface area contributed by atoms with Crippen LogP contribution in [-0.2, 0) is 30.8 Å². The minimum atomic E-state index is -5.08. The SMILES string of the molecule is COc1ccc(CC(=O)NC(N)=N[C@@H](C(=O)Nc2cc(S(N)(=O)=O)ccc2C)C(C)(C)C)cc1OC.O=C(O)C(F)(F)F. The number of nitrogens with two attached hydrogens (primary N) is 2. The first-order valence-corrected chi connectivity index (χ1v) is 13.7. The lowest BCUT2D eigenvalue weighted by molar-refractivity contribution is -0.192. The Hall–Kier alpha value is -4.38. The average Bonchev–Trinajstić information content (AvgIpc) is 2.86. The van der Waals surface area contributed by atoms with Gasteiger partial charge >= 0.3 is 12.1 Å². The number of benzene rings is 2. The quantitative estimate of drug-likeness (QED) is 0.213. The third-order valence-corrected chi connectivity index (χ3v) is 6.37. The molecule has 17 heteroatoms. The number of halogens is 3. The van der Waals surface area contributed by atoms with Crippen LogP contribution in [0.2, 0.25) is 0 Å². The number of hydrogen-bond acceptors (Lipinski definition) is 8. The third kappa shape index (κ3) is 11.8. The Morgan fingerprint density at radius 1 is 1.02 bits per heavy atom. The van der Waals surface area contributed by atoms with Crippen molar-refractivity contribution in [1.82, 2.24) is 5.32 Å². The van der Waals surface area contributed by atoms with Crippen molar-refractivity contribution in [3.05, 3.63) is 47.5 Å². The van der Waals surface area contributed by atoms with Gasteiger partial charge < -0.3 is 25.6 Å². The van der Waals surface area contributed by atoms with Crippen molar-refractivity contribution in [2.24, 2.45) is 21.3 Å². The number of aliphatic imine (C=N–C) groups is 1. The fourth-order valence-corrected chi connectivity index (χ4v) is 3.83. The molecule has 0 bridgehead atoms. The molecular weight excluding hydrogens is 599 g/mol. The first-order valence-electron chi connectivity index (χ1n) is 12.2. The normalized spacial score (nSPS) is 12.7. The lowest BCUT2D eigenvalue weighted by atomic mass is 9.86. The maximum absolute atomic E-state index is 13.1. The molecule has 0 saturated heterocycles. The van der Waals surface area contributed by atoms with E-state index in [0.29, 0.717) is 22.6 Å². The molecule has 0 spiro atoms. The summed E-state index contributed by atoms with van der Waals surface area (Å²) in [4.78, 5) is 38.7. The standard InChI is InChI=1S/C24H33N5O6S.C2HF3O2/c1-14-7-9-16(36(26,32)33)13-17(14)27-22(31)21(24(2,3)4)29-23(25)28-20(30)12-15-8-10-18(34-5)19(11-15)35-6;3-2(4,5)1(6)7/h7-11,13,21H,12H2,1-6H3,(H,27,31)(H2,26,32,33)(H3,25,28,29,30);(H,6,7)/t21-;/m0./s1. The highest BCUT2D eigenvalue weighted by Gasteiger charge is 2.38. The van der Waals surface area contributed by atoms with E-state index >= 15 is 0 Å². The summed E-state index contributed by atoms with van der Waals surface area (Å²) in [6.45, 7) is 7.06. The Morgan fingerprint density at radius 3 is 2.05 bits per heavy atom. The van der Waals surface area contributed by atoms with Crippen molar-refractivity contribution in [3.63, 3.8) is 0 Å². The van der Waals surface area contributed by atoms with Crippen LogP contribution in [0.15, 0.2) is 46.3 Å². The Morgan fingerprint density at radius 2 is 1.58 bits per heavy atom. The van der Waals surface area contributed by atoms with Gasteiger partial charge in [-0.05, 0) is 47.7 Å². The molecule has 0 heterocycles. The van der Waals surface area contributed by atoms with E-state index < -0.39 is 45.4 Å². The van der Waals surface area contributed by atoms with Gasteiger partial charge in [0.1, 0.15) is 6.04 Å². The van der Waals surface area contributed by atoms with Gasteiger partial charge in [0, 0.05) is 5.69 Å². The molecule has 0 aliphatic rings. The van der Waals surface area contributed by atoms with Crippen molar-refractivity contribution in [1.29, 1.82) is 0 Å². The van der Waals surface area contributed by atoms with Crippen LogP contribution >= 0.6 is 0 Å². The summed E-state index contributed by atoms with van der Waals surface area (Å²) in [7, 11) is -0.943. The second kappa shape index (κ2) is 14.7. The van der Waals surface area contributed by atoms with E-state index in [1.54, 1.807) is 45.9 Å². The molecule has 0 aliphatic carbocycles. The van der Waals surface area contributed by atoms with Crippen LogP contribution in [0.1, 0.15) is 31.9 Å². The molecule has 0 fully saturated rings. The minimum Gasteiger partial charge on any atom is -0.493 e. The summed E-state index contributed by atoms with van der Waals surface area (Å²) in [6, 6.07) is 8.24. The highest BCUT2D eigenvalue weighted by Crippen LogP contribution is 2.28. The molecule has 1 atom stereocenters. The summed E-state index contributed by atoms with van der Waals surface area (Å²) in [5.41, 5.74) is 6.84. The summed E-state index contributed by atoms with van der Waals surface area (Å²) in [5, 5.41) is 17.5. The topological polar surface area (TPSA) is 212 Å². The minimum absolute atomic E-state index is 0.0114. The lowest BCUT2D eigenvalue weighted by Gasteiger charge is -2.27. The van der Waals surface area contributed by atoms with Crippen LogP contribution in [0.5, 0.6) is 11.5 Å². The van der Waals surface area contributed by atoms with Gasteiger partial charge in [-0.3, -0.25) is 14.9 Å². The Labute approximate surface area is 246 Å². The highest BCUT2D eigenvalue weighted by atomic mass is 32.2. The number of methoxy groups -OCH3 is 2. The Bertz CT molecular complexity index is 1470.